The Hall–Kier alpha value is -2.57. The Morgan fingerprint density at radius 2 is 1.96 bits per heavy atom. The molecule has 146 valence electrons. The Labute approximate surface area is 159 Å². The van der Waals surface area contributed by atoms with Gasteiger partial charge in [0.2, 0.25) is 11.8 Å². The van der Waals surface area contributed by atoms with E-state index < -0.39 is 0 Å². The van der Waals surface area contributed by atoms with Crippen molar-refractivity contribution in [3.05, 3.63) is 29.3 Å². The molecule has 0 unspecified atom stereocenters. The first-order chi connectivity index (χ1) is 13.0. The molecule has 1 aliphatic carbocycles. The van der Waals surface area contributed by atoms with E-state index in [4.69, 9.17) is 0 Å². The summed E-state index contributed by atoms with van der Waals surface area (Å²) >= 11 is 0. The number of nitrogens with zero attached hydrogens (tertiary/aromatic N) is 1. The maximum Gasteiger partial charge on any atom is 0.317 e. The molecule has 7 nitrogen and oxygen atoms in total. The van der Waals surface area contributed by atoms with Gasteiger partial charge in [0.05, 0.1) is 0 Å². The quantitative estimate of drug-likeness (QED) is 0.740. The summed E-state index contributed by atoms with van der Waals surface area (Å²) in [5, 5.41) is 8.72. The van der Waals surface area contributed by atoms with Crippen LogP contribution in [0.1, 0.15) is 50.2 Å². The van der Waals surface area contributed by atoms with Crippen LogP contribution >= 0.6 is 0 Å². The predicted molar refractivity (Wildman–Crippen MR) is 103 cm³/mol. The number of hydrogen-bond donors (Lipinski definition) is 3. The van der Waals surface area contributed by atoms with Crippen LogP contribution < -0.4 is 16.0 Å². The van der Waals surface area contributed by atoms with Gasteiger partial charge in [-0.25, -0.2) is 4.79 Å². The van der Waals surface area contributed by atoms with Crippen LogP contribution in [0, 0.1) is 0 Å². The van der Waals surface area contributed by atoms with Crippen LogP contribution in [0.5, 0.6) is 0 Å². The van der Waals surface area contributed by atoms with Gasteiger partial charge in [-0.15, -0.1) is 0 Å². The topological polar surface area (TPSA) is 90.5 Å². The highest BCUT2D eigenvalue weighted by atomic mass is 16.2. The number of amides is 4. The van der Waals surface area contributed by atoms with E-state index in [-0.39, 0.29) is 17.8 Å². The summed E-state index contributed by atoms with van der Waals surface area (Å²) in [5.41, 5.74) is 2.96. The van der Waals surface area contributed by atoms with E-state index in [1.807, 2.05) is 18.2 Å². The number of anilines is 1. The summed E-state index contributed by atoms with van der Waals surface area (Å²) in [5.74, 6) is -0.0920. The van der Waals surface area contributed by atoms with Crippen LogP contribution in [0.15, 0.2) is 18.2 Å². The maximum absolute atomic E-state index is 12.4. The van der Waals surface area contributed by atoms with Crippen molar-refractivity contribution >= 4 is 23.5 Å². The molecule has 1 saturated carbocycles. The first-order valence-corrected chi connectivity index (χ1v) is 9.73. The predicted octanol–water partition coefficient (Wildman–Crippen LogP) is 2.16. The van der Waals surface area contributed by atoms with Gasteiger partial charge >= 0.3 is 6.03 Å². The van der Waals surface area contributed by atoms with Gasteiger partial charge in [-0.3, -0.25) is 9.59 Å². The molecule has 1 aliphatic heterocycles. The molecule has 0 aromatic heterocycles. The number of benzene rings is 1. The van der Waals surface area contributed by atoms with Crippen LogP contribution in [0.25, 0.3) is 0 Å². The molecule has 1 heterocycles. The highest BCUT2D eigenvalue weighted by Gasteiger charge is 2.23. The van der Waals surface area contributed by atoms with Gasteiger partial charge in [0.1, 0.15) is 0 Å². The summed E-state index contributed by atoms with van der Waals surface area (Å²) in [7, 11) is 0. The highest BCUT2D eigenvalue weighted by molar-refractivity contribution is 5.90. The summed E-state index contributed by atoms with van der Waals surface area (Å²) in [6, 6.07) is 5.91. The third-order valence-corrected chi connectivity index (χ3v) is 5.21. The molecule has 2 aliphatic rings. The molecular formula is C20H28N4O3. The Bertz CT molecular complexity index is 713. The molecule has 27 heavy (non-hydrogen) atoms. The van der Waals surface area contributed by atoms with Gasteiger partial charge in [0.25, 0.3) is 0 Å². The fourth-order valence-electron chi connectivity index (χ4n) is 3.85. The number of nitrogens with one attached hydrogen (secondary N) is 3. The number of urea groups is 1. The molecule has 0 bridgehead atoms. The average Bonchev–Trinajstić information content (AvgIpc) is 3.14. The monoisotopic (exact) mass is 372 g/mol. The molecule has 0 atom stereocenters. The van der Waals surface area contributed by atoms with Gasteiger partial charge in [-0.1, -0.05) is 25.0 Å². The minimum Gasteiger partial charge on any atom is -0.353 e. The number of carbonyl (C=O) groups excluding carboxylic acids is 3. The van der Waals surface area contributed by atoms with E-state index in [1.54, 1.807) is 4.90 Å². The zero-order valence-electron chi connectivity index (χ0n) is 15.8. The van der Waals surface area contributed by atoms with Crippen LogP contribution in [0.2, 0.25) is 0 Å². The lowest BCUT2D eigenvalue weighted by molar-refractivity contribution is -0.121. The Balaban J connectivity index is 1.46. The highest BCUT2D eigenvalue weighted by Crippen LogP contribution is 2.26. The molecule has 4 amide bonds. The first kappa shape index (κ1) is 19.2. The van der Waals surface area contributed by atoms with Crippen molar-refractivity contribution in [2.24, 2.45) is 0 Å². The number of carbonyl (C=O) groups is 3. The maximum atomic E-state index is 12.4. The van der Waals surface area contributed by atoms with E-state index in [9.17, 15) is 14.4 Å². The number of fused-ring (bicyclic) bond motifs is 1. The largest absolute Gasteiger partial charge is 0.353 e. The average molecular weight is 372 g/mol. The van der Waals surface area contributed by atoms with E-state index in [0.29, 0.717) is 38.5 Å². The van der Waals surface area contributed by atoms with Crippen molar-refractivity contribution in [3.63, 3.8) is 0 Å². The van der Waals surface area contributed by atoms with Gasteiger partial charge in [-0.2, -0.15) is 0 Å². The minimum atomic E-state index is -0.153. The Morgan fingerprint density at radius 1 is 1.19 bits per heavy atom. The summed E-state index contributed by atoms with van der Waals surface area (Å²) in [6.07, 6.45) is 5.49. The van der Waals surface area contributed by atoms with Crippen molar-refractivity contribution in [2.45, 2.75) is 58.0 Å². The zero-order valence-corrected chi connectivity index (χ0v) is 15.8. The molecule has 1 aromatic rings. The van der Waals surface area contributed by atoms with Gasteiger partial charge < -0.3 is 20.9 Å². The normalized spacial score (nSPS) is 16.6. The lowest BCUT2D eigenvalue weighted by Gasteiger charge is -2.30. The molecule has 1 fully saturated rings. The molecule has 3 N–H and O–H groups in total. The smallest absolute Gasteiger partial charge is 0.317 e. The Kier molecular flexibility index (Phi) is 6.32. The molecular weight excluding hydrogens is 344 g/mol. The van der Waals surface area contributed by atoms with Crippen LogP contribution in [0.3, 0.4) is 0 Å². The lowest BCUT2D eigenvalue weighted by Crippen LogP contribution is -2.44. The third-order valence-electron chi connectivity index (χ3n) is 5.21. The molecule has 0 spiro atoms. The molecule has 3 rings (SSSR count). The standard InChI is InChI=1S/C20H28N4O3/c1-14(25)22-18-8-4-5-15-13-24(12-10-17(15)18)20(27)21-11-9-19(26)23-16-6-2-3-7-16/h4-5,8,16H,2-3,6-7,9-13H2,1H3,(H,21,27)(H,22,25)(H,23,26). The lowest BCUT2D eigenvalue weighted by atomic mass is 9.98. The van der Waals surface area contributed by atoms with Crippen molar-refractivity contribution < 1.29 is 14.4 Å². The molecule has 0 radical (unpaired) electrons. The van der Waals surface area contributed by atoms with Crippen LogP contribution in [-0.2, 0) is 22.6 Å². The fraction of sp³-hybridized carbons (Fsp3) is 0.550. The zero-order chi connectivity index (χ0) is 19.2. The summed E-state index contributed by atoms with van der Waals surface area (Å²) < 4.78 is 0. The second-order valence-electron chi connectivity index (χ2n) is 7.33. The number of hydrogen-bond acceptors (Lipinski definition) is 3. The van der Waals surface area contributed by atoms with Crippen LogP contribution in [-0.4, -0.2) is 41.9 Å². The molecule has 1 aromatic carbocycles. The second-order valence-corrected chi connectivity index (χ2v) is 7.33. The molecule has 7 heteroatoms. The van der Waals surface area contributed by atoms with Crippen molar-refractivity contribution in [1.82, 2.24) is 15.5 Å². The SMILES string of the molecule is CC(=O)Nc1cccc2c1CCN(C(=O)NCCC(=O)NC1CCCC1)C2. The first-order valence-electron chi connectivity index (χ1n) is 9.73. The summed E-state index contributed by atoms with van der Waals surface area (Å²) in [6.45, 7) is 2.92. The minimum absolute atomic E-state index is 0.00568. The summed E-state index contributed by atoms with van der Waals surface area (Å²) in [4.78, 5) is 37.4. The van der Waals surface area contributed by atoms with Crippen molar-refractivity contribution in [3.8, 4) is 0 Å². The van der Waals surface area contributed by atoms with E-state index in [2.05, 4.69) is 16.0 Å². The molecule has 0 saturated heterocycles. The van der Waals surface area contributed by atoms with Gasteiger partial charge in [0, 0.05) is 44.7 Å². The van der Waals surface area contributed by atoms with E-state index in [1.165, 1.54) is 19.8 Å². The van der Waals surface area contributed by atoms with Crippen molar-refractivity contribution in [1.29, 1.82) is 0 Å². The van der Waals surface area contributed by atoms with E-state index in [0.717, 1.165) is 29.7 Å². The fourth-order valence-corrected chi connectivity index (χ4v) is 3.85. The van der Waals surface area contributed by atoms with Gasteiger partial charge in [-0.05, 0) is 36.5 Å². The third kappa shape index (κ3) is 5.21. The second kappa shape index (κ2) is 8.88. The Morgan fingerprint density at radius 3 is 2.70 bits per heavy atom. The van der Waals surface area contributed by atoms with E-state index >= 15 is 0 Å². The van der Waals surface area contributed by atoms with Crippen LogP contribution in [0.4, 0.5) is 10.5 Å². The van der Waals surface area contributed by atoms with Gasteiger partial charge in [0.15, 0.2) is 0 Å². The van der Waals surface area contributed by atoms with Crippen molar-refractivity contribution in [2.75, 3.05) is 18.4 Å². The number of rotatable bonds is 5.